The third kappa shape index (κ3) is 5.83. The van der Waals surface area contributed by atoms with Crippen molar-refractivity contribution in [3.05, 3.63) is 35.9 Å². The zero-order valence-electron chi connectivity index (χ0n) is 26.5. The van der Waals surface area contributed by atoms with Crippen LogP contribution in [0.3, 0.4) is 0 Å². The standard InChI is InChI=1S/C28H39N3O12P2S/c1-8-43-19-13-12-16-17(20(19)23(32)30-21-24(33)31-22(26(34)35)27(2,3)46-25(21)31)10-9-11-18(16)29-15-14-28(36,44(37,39-4)40-5)45(38,41-6)42-7/h9-13,21-22,25,29,36H,8,14-15H2,1-7H3,(H,30,32)(H,34,35). The highest BCUT2D eigenvalue weighted by atomic mass is 32.2. The molecule has 2 saturated heterocycles. The SMILES string of the molecule is CCOc1ccc2c(NCCC(O)(P(=O)(OC)OC)P(=O)(OC)OC)cccc2c1C(=O)NC1C(=O)N2C1SC(C)(C)C2C(=O)O. The van der Waals surface area contributed by atoms with Gasteiger partial charge in [0.1, 0.15) is 23.2 Å². The van der Waals surface area contributed by atoms with Crippen molar-refractivity contribution in [1.82, 2.24) is 10.2 Å². The van der Waals surface area contributed by atoms with Crippen LogP contribution in [0.5, 0.6) is 5.75 Å². The Bertz CT molecular complexity index is 1580. The van der Waals surface area contributed by atoms with Crippen LogP contribution in [0.1, 0.15) is 37.6 Å². The van der Waals surface area contributed by atoms with Crippen LogP contribution in [-0.2, 0) is 36.8 Å². The number of rotatable bonds is 15. The number of β-lactam (4-membered cyclic amide) rings is 1. The molecule has 18 heteroatoms. The summed E-state index contributed by atoms with van der Waals surface area (Å²) in [7, 11) is -4.72. The van der Waals surface area contributed by atoms with Gasteiger partial charge >= 0.3 is 21.2 Å². The lowest BCUT2D eigenvalue weighted by Crippen LogP contribution is -2.70. The minimum Gasteiger partial charge on any atom is -0.493 e. The van der Waals surface area contributed by atoms with Crippen molar-refractivity contribution in [3.63, 3.8) is 0 Å². The number of aliphatic carboxylic acids is 1. The van der Waals surface area contributed by atoms with Gasteiger partial charge in [0.05, 0.1) is 12.2 Å². The second kappa shape index (κ2) is 13.4. The summed E-state index contributed by atoms with van der Waals surface area (Å²) in [6.45, 7) is 5.40. The maximum absolute atomic E-state index is 13.8. The first-order valence-electron chi connectivity index (χ1n) is 14.2. The molecule has 2 aromatic carbocycles. The minimum absolute atomic E-state index is 0.121. The van der Waals surface area contributed by atoms with E-state index in [0.29, 0.717) is 16.5 Å². The molecule has 2 amide bonds. The summed E-state index contributed by atoms with van der Waals surface area (Å²) in [5.41, 5.74) is 0.656. The average molecular weight is 704 g/mol. The van der Waals surface area contributed by atoms with Crippen LogP contribution in [0.15, 0.2) is 30.3 Å². The summed E-state index contributed by atoms with van der Waals surface area (Å²) >= 11 is 1.32. The van der Waals surface area contributed by atoms with Gasteiger partial charge in [-0.15, -0.1) is 11.8 Å². The molecule has 254 valence electrons. The van der Waals surface area contributed by atoms with Crippen LogP contribution < -0.4 is 15.4 Å². The van der Waals surface area contributed by atoms with Crippen LogP contribution >= 0.6 is 27.0 Å². The molecule has 4 rings (SSSR count). The lowest BCUT2D eigenvalue weighted by Gasteiger charge is -2.43. The first-order chi connectivity index (χ1) is 21.6. The number of thioether (sulfide) groups is 1. The largest absolute Gasteiger partial charge is 0.493 e. The van der Waals surface area contributed by atoms with Gasteiger partial charge in [0, 0.05) is 62.6 Å². The summed E-state index contributed by atoms with van der Waals surface area (Å²) in [6, 6.07) is 6.47. The lowest BCUT2D eigenvalue weighted by molar-refractivity contribution is -0.159. The van der Waals surface area contributed by atoms with Gasteiger partial charge in [0.15, 0.2) is 0 Å². The Morgan fingerprint density at radius 2 is 1.63 bits per heavy atom. The van der Waals surface area contributed by atoms with Crippen molar-refractivity contribution in [1.29, 1.82) is 0 Å². The number of fused-ring (bicyclic) bond motifs is 2. The molecule has 2 fully saturated rings. The molecule has 2 aromatic rings. The lowest BCUT2D eigenvalue weighted by atomic mass is 9.95. The van der Waals surface area contributed by atoms with E-state index in [-0.39, 0.29) is 24.5 Å². The Labute approximate surface area is 270 Å². The summed E-state index contributed by atoms with van der Waals surface area (Å²) in [5.74, 6) is -1.90. The van der Waals surface area contributed by atoms with E-state index in [4.69, 9.17) is 22.8 Å². The monoisotopic (exact) mass is 703 g/mol. The number of carbonyl (C=O) groups is 3. The molecule has 0 radical (unpaired) electrons. The van der Waals surface area contributed by atoms with Crippen molar-refractivity contribution in [3.8, 4) is 5.75 Å². The summed E-state index contributed by atoms with van der Waals surface area (Å²) < 4.78 is 51.6. The third-order valence-electron chi connectivity index (χ3n) is 8.13. The molecule has 0 bridgehead atoms. The number of benzene rings is 2. The average Bonchev–Trinajstić information content (AvgIpc) is 3.30. The predicted molar refractivity (Wildman–Crippen MR) is 171 cm³/mol. The number of carboxylic acids is 1. The predicted octanol–water partition coefficient (Wildman–Crippen LogP) is 3.90. The highest BCUT2D eigenvalue weighted by Crippen LogP contribution is 2.76. The van der Waals surface area contributed by atoms with Gasteiger partial charge in [-0.2, -0.15) is 0 Å². The van der Waals surface area contributed by atoms with Gasteiger partial charge in [0.25, 0.3) is 11.0 Å². The van der Waals surface area contributed by atoms with E-state index >= 15 is 0 Å². The van der Waals surface area contributed by atoms with Crippen LogP contribution in [0.4, 0.5) is 5.69 Å². The van der Waals surface area contributed by atoms with E-state index in [2.05, 4.69) is 10.6 Å². The molecule has 2 heterocycles. The van der Waals surface area contributed by atoms with Gasteiger partial charge in [-0.25, -0.2) is 4.79 Å². The Morgan fingerprint density at radius 1 is 1.02 bits per heavy atom. The molecule has 46 heavy (non-hydrogen) atoms. The van der Waals surface area contributed by atoms with Crippen molar-refractivity contribution in [2.45, 2.75) is 54.5 Å². The maximum atomic E-state index is 13.8. The van der Waals surface area contributed by atoms with E-state index in [1.54, 1.807) is 51.1 Å². The number of carboxylic acid groups (broad SMARTS) is 1. The molecule has 3 atom stereocenters. The highest BCUT2D eigenvalue weighted by molar-refractivity contribution is 8.01. The summed E-state index contributed by atoms with van der Waals surface area (Å²) in [6.07, 6.45) is -0.460. The second-order valence-electron chi connectivity index (χ2n) is 11.0. The Kier molecular flexibility index (Phi) is 10.6. The van der Waals surface area contributed by atoms with Crippen LogP contribution in [0.2, 0.25) is 0 Å². The van der Waals surface area contributed by atoms with Gasteiger partial charge in [-0.05, 0) is 39.0 Å². The van der Waals surface area contributed by atoms with Crippen LogP contribution in [0.25, 0.3) is 10.8 Å². The maximum Gasteiger partial charge on any atom is 0.374 e. The Balaban J connectivity index is 1.64. The molecule has 3 unspecified atom stereocenters. The normalized spacial score (nSPS) is 21.1. The van der Waals surface area contributed by atoms with E-state index in [1.807, 2.05) is 0 Å². The number of amides is 2. The molecule has 0 saturated carbocycles. The fourth-order valence-electron chi connectivity index (χ4n) is 5.88. The zero-order valence-corrected chi connectivity index (χ0v) is 29.1. The van der Waals surface area contributed by atoms with Gasteiger partial charge < -0.3 is 48.6 Å². The molecule has 0 aromatic heterocycles. The number of nitrogens with one attached hydrogen (secondary N) is 2. The van der Waals surface area contributed by atoms with E-state index < -0.39 is 66.7 Å². The molecule has 4 N–H and O–H groups in total. The second-order valence-corrected chi connectivity index (χ2v) is 18.1. The van der Waals surface area contributed by atoms with E-state index in [0.717, 1.165) is 28.4 Å². The number of hydrogen-bond donors (Lipinski definition) is 4. The fourth-order valence-corrected chi connectivity index (χ4v) is 11.9. The first-order valence-corrected chi connectivity index (χ1v) is 18.2. The molecule has 0 aliphatic carbocycles. The first kappa shape index (κ1) is 36.2. The molecular weight excluding hydrogens is 664 g/mol. The number of nitrogens with zero attached hydrogens (tertiary/aromatic N) is 1. The number of ether oxygens (including phenoxy) is 1. The quantitative estimate of drug-likeness (QED) is 0.154. The number of carbonyl (C=O) groups excluding carboxylic acids is 2. The molecular formula is C28H39N3O12P2S. The number of anilines is 1. The van der Waals surface area contributed by atoms with Crippen molar-refractivity contribution >= 4 is 61.2 Å². The molecule has 0 spiro atoms. The topological polar surface area (TPSA) is 199 Å². The van der Waals surface area contributed by atoms with Gasteiger partial charge in [-0.1, -0.05) is 12.1 Å². The zero-order chi connectivity index (χ0) is 34.2. The van der Waals surface area contributed by atoms with E-state index in [1.165, 1.54) is 16.7 Å². The van der Waals surface area contributed by atoms with Crippen molar-refractivity contribution in [2.24, 2.45) is 0 Å². The third-order valence-corrected chi connectivity index (χ3v) is 15.3. The summed E-state index contributed by atoms with van der Waals surface area (Å²) in [5, 5.41) is 24.9. The number of aliphatic hydroxyl groups is 1. The van der Waals surface area contributed by atoms with Crippen LogP contribution in [0, 0.1) is 0 Å². The summed E-state index contributed by atoms with van der Waals surface area (Å²) in [4.78, 5) is 40.1. The Hall–Kier alpha value is -2.68. The van der Waals surface area contributed by atoms with E-state index in [9.17, 15) is 33.7 Å². The smallest absolute Gasteiger partial charge is 0.374 e. The van der Waals surface area contributed by atoms with Crippen molar-refractivity contribution < 1.29 is 56.6 Å². The van der Waals surface area contributed by atoms with Gasteiger partial charge in [-0.3, -0.25) is 18.7 Å². The van der Waals surface area contributed by atoms with Crippen molar-refractivity contribution in [2.75, 3.05) is 46.9 Å². The fraction of sp³-hybridized carbons (Fsp3) is 0.536. The van der Waals surface area contributed by atoms with Crippen LogP contribution in [-0.4, -0.2) is 102 Å². The highest BCUT2D eigenvalue weighted by Gasteiger charge is 2.65. The molecule has 15 nitrogen and oxygen atoms in total. The molecule has 2 aliphatic rings. The number of hydrogen-bond acceptors (Lipinski definition) is 13. The Morgan fingerprint density at radius 3 is 2.17 bits per heavy atom. The minimum atomic E-state index is -4.44. The van der Waals surface area contributed by atoms with Gasteiger partial charge in [0.2, 0.25) is 5.91 Å². The molecule has 2 aliphatic heterocycles.